The van der Waals surface area contributed by atoms with Crippen LogP contribution >= 0.6 is 11.6 Å². The minimum absolute atomic E-state index is 0.146. The molecular weight excluding hydrogens is 410 g/mol. The molecule has 0 radical (unpaired) electrons. The van der Waals surface area contributed by atoms with Gasteiger partial charge in [0, 0.05) is 33.7 Å². The molecule has 31 heavy (non-hydrogen) atoms. The molecule has 3 aromatic carbocycles. The van der Waals surface area contributed by atoms with Gasteiger partial charge in [-0.05, 0) is 36.8 Å². The van der Waals surface area contributed by atoms with E-state index in [1.165, 1.54) is 5.56 Å². The number of hydrogen-bond donors (Lipinski definition) is 1. The van der Waals surface area contributed by atoms with Gasteiger partial charge in [-0.15, -0.1) is 0 Å². The summed E-state index contributed by atoms with van der Waals surface area (Å²) in [6, 6.07) is 25.4. The summed E-state index contributed by atoms with van der Waals surface area (Å²) in [6.07, 6.45) is 1.69. The Morgan fingerprint density at radius 2 is 1.84 bits per heavy atom. The fourth-order valence-corrected chi connectivity index (χ4v) is 3.68. The molecule has 1 N–H and O–H groups in total. The van der Waals surface area contributed by atoms with Crippen LogP contribution in [0.15, 0.2) is 84.0 Å². The van der Waals surface area contributed by atoms with E-state index in [0.29, 0.717) is 10.8 Å². The SMILES string of the molecule is Cc1c(/C=N/NC(=O)COc2cccc(Cl)c2)c2ccccc2n1Cc1ccccc1. The van der Waals surface area contributed by atoms with Gasteiger partial charge in [0.25, 0.3) is 5.91 Å². The van der Waals surface area contributed by atoms with E-state index in [9.17, 15) is 4.79 Å². The number of carbonyl (C=O) groups excluding carboxylic acids is 1. The van der Waals surface area contributed by atoms with Crippen LogP contribution in [-0.4, -0.2) is 23.3 Å². The molecule has 0 spiro atoms. The second-order valence-electron chi connectivity index (χ2n) is 7.13. The van der Waals surface area contributed by atoms with Crippen molar-refractivity contribution in [2.75, 3.05) is 6.61 Å². The van der Waals surface area contributed by atoms with Gasteiger partial charge < -0.3 is 9.30 Å². The topological polar surface area (TPSA) is 55.6 Å². The van der Waals surface area contributed by atoms with E-state index in [1.54, 1.807) is 30.5 Å². The Morgan fingerprint density at radius 3 is 2.65 bits per heavy atom. The Kier molecular flexibility index (Phi) is 6.34. The standard InChI is InChI=1S/C25H22ClN3O2/c1-18-23(15-27-28-25(30)17-31-21-11-7-10-20(26)14-21)22-12-5-6-13-24(22)29(18)16-19-8-3-2-4-9-19/h2-15H,16-17H2,1H3,(H,28,30)/b27-15+. The van der Waals surface area contributed by atoms with Gasteiger partial charge in [0.2, 0.25) is 0 Å². The minimum atomic E-state index is -0.345. The molecule has 0 aliphatic rings. The molecule has 5 nitrogen and oxygen atoms in total. The van der Waals surface area contributed by atoms with Gasteiger partial charge >= 0.3 is 0 Å². The molecule has 1 heterocycles. The number of para-hydroxylation sites is 1. The van der Waals surface area contributed by atoms with Crippen molar-refractivity contribution in [1.82, 2.24) is 9.99 Å². The van der Waals surface area contributed by atoms with Gasteiger partial charge in [0.15, 0.2) is 6.61 Å². The van der Waals surface area contributed by atoms with E-state index >= 15 is 0 Å². The van der Waals surface area contributed by atoms with Crippen LogP contribution < -0.4 is 10.2 Å². The van der Waals surface area contributed by atoms with Gasteiger partial charge in [-0.25, -0.2) is 5.43 Å². The summed E-state index contributed by atoms with van der Waals surface area (Å²) in [6.45, 7) is 2.68. The Bertz CT molecular complexity index is 1230. The van der Waals surface area contributed by atoms with Crippen LogP contribution in [-0.2, 0) is 11.3 Å². The van der Waals surface area contributed by atoms with Crippen LogP contribution in [0.2, 0.25) is 5.02 Å². The largest absolute Gasteiger partial charge is 0.484 e. The Balaban J connectivity index is 1.48. The third-order valence-electron chi connectivity index (χ3n) is 5.01. The lowest BCUT2D eigenvalue weighted by Crippen LogP contribution is -2.24. The van der Waals surface area contributed by atoms with Crippen LogP contribution in [0.1, 0.15) is 16.8 Å². The molecule has 0 saturated heterocycles. The normalized spacial score (nSPS) is 11.2. The van der Waals surface area contributed by atoms with E-state index < -0.39 is 0 Å². The number of nitrogens with zero attached hydrogens (tertiary/aromatic N) is 2. The fourth-order valence-electron chi connectivity index (χ4n) is 3.50. The monoisotopic (exact) mass is 431 g/mol. The predicted octanol–water partition coefficient (Wildman–Crippen LogP) is 5.18. The molecule has 1 amide bonds. The molecule has 6 heteroatoms. The number of fused-ring (bicyclic) bond motifs is 1. The Hall–Kier alpha value is -3.57. The highest BCUT2D eigenvalue weighted by atomic mass is 35.5. The van der Waals surface area contributed by atoms with Crippen LogP contribution in [0.3, 0.4) is 0 Å². The van der Waals surface area contributed by atoms with Crippen molar-refractivity contribution in [2.24, 2.45) is 5.10 Å². The summed E-state index contributed by atoms with van der Waals surface area (Å²) in [5.74, 6) is 0.188. The second kappa shape index (κ2) is 9.49. The third-order valence-corrected chi connectivity index (χ3v) is 5.25. The van der Waals surface area contributed by atoms with Crippen molar-refractivity contribution < 1.29 is 9.53 Å². The van der Waals surface area contributed by atoms with Crippen molar-refractivity contribution in [3.05, 3.63) is 101 Å². The number of halogens is 1. The van der Waals surface area contributed by atoms with Crippen molar-refractivity contribution in [2.45, 2.75) is 13.5 Å². The summed E-state index contributed by atoms with van der Waals surface area (Å²) in [5, 5.41) is 5.80. The van der Waals surface area contributed by atoms with Crippen molar-refractivity contribution in [3.63, 3.8) is 0 Å². The quantitative estimate of drug-likeness (QED) is 0.324. The Labute approximate surface area is 185 Å². The third kappa shape index (κ3) is 4.95. The maximum absolute atomic E-state index is 12.1. The number of hydrogen-bond acceptors (Lipinski definition) is 3. The summed E-state index contributed by atoms with van der Waals surface area (Å²) < 4.78 is 7.70. The minimum Gasteiger partial charge on any atom is -0.484 e. The zero-order valence-electron chi connectivity index (χ0n) is 17.1. The van der Waals surface area contributed by atoms with E-state index in [0.717, 1.165) is 28.7 Å². The maximum atomic E-state index is 12.1. The number of aromatic nitrogens is 1. The van der Waals surface area contributed by atoms with Crippen molar-refractivity contribution >= 4 is 34.6 Å². The number of rotatable bonds is 7. The first-order valence-electron chi connectivity index (χ1n) is 9.94. The summed E-state index contributed by atoms with van der Waals surface area (Å²) in [5.41, 5.74) is 6.94. The van der Waals surface area contributed by atoms with Gasteiger partial charge in [-0.3, -0.25) is 4.79 Å². The van der Waals surface area contributed by atoms with E-state index in [-0.39, 0.29) is 12.5 Å². The highest BCUT2D eigenvalue weighted by molar-refractivity contribution is 6.30. The maximum Gasteiger partial charge on any atom is 0.277 e. The zero-order valence-corrected chi connectivity index (χ0v) is 17.8. The van der Waals surface area contributed by atoms with Crippen LogP contribution in [0.25, 0.3) is 10.9 Å². The molecule has 4 aromatic rings. The zero-order chi connectivity index (χ0) is 21.6. The number of benzene rings is 3. The summed E-state index contributed by atoms with van der Waals surface area (Å²) in [4.78, 5) is 12.1. The lowest BCUT2D eigenvalue weighted by Gasteiger charge is -2.08. The van der Waals surface area contributed by atoms with Gasteiger partial charge in [0.05, 0.1) is 6.21 Å². The molecule has 156 valence electrons. The molecule has 0 saturated carbocycles. The first-order chi connectivity index (χ1) is 15.1. The first kappa shape index (κ1) is 20.7. The van der Waals surface area contributed by atoms with Gasteiger partial charge in [0.1, 0.15) is 5.75 Å². The molecule has 4 rings (SSSR count). The first-order valence-corrected chi connectivity index (χ1v) is 10.3. The van der Waals surface area contributed by atoms with Gasteiger partial charge in [-0.1, -0.05) is 66.2 Å². The lowest BCUT2D eigenvalue weighted by atomic mass is 10.1. The molecule has 1 aromatic heterocycles. The molecule has 0 bridgehead atoms. The molecule has 0 fully saturated rings. The molecule has 0 aliphatic heterocycles. The highest BCUT2D eigenvalue weighted by Crippen LogP contribution is 2.25. The fraction of sp³-hybridized carbons (Fsp3) is 0.120. The number of amides is 1. The second-order valence-corrected chi connectivity index (χ2v) is 7.56. The van der Waals surface area contributed by atoms with Crippen molar-refractivity contribution in [1.29, 1.82) is 0 Å². The van der Waals surface area contributed by atoms with E-state index in [2.05, 4.69) is 46.3 Å². The van der Waals surface area contributed by atoms with E-state index in [4.69, 9.17) is 16.3 Å². The van der Waals surface area contributed by atoms with Crippen LogP contribution in [0.4, 0.5) is 0 Å². The average molecular weight is 432 g/mol. The molecule has 0 aliphatic carbocycles. The predicted molar refractivity (Wildman–Crippen MR) is 125 cm³/mol. The van der Waals surface area contributed by atoms with Crippen LogP contribution in [0, 0.1) is 6.92 Å². The van der Waals surface area contributed by atoms with E-state index in [1.807, 2.05) is 30.3 Å². The highest BCUT2D eigenvalue weighted by Gasteiger charge is 2.12. The number of ether oxygens (including phenoxy) is 1. The van der Waals surface area contributed by atoms with Gasteiger partial charge in [-0.2, -0.15) is 5.10 Å². The summed E-state index contributed by atoms with van der Waals surface area (Å²) >= 11 is 5.92. The average Bonchev–Trinajstić information content (AvgIpc) is 3.04. The lowest BCUT2D eigenvalue weighted by molar-refractivity contribution is -0.123. The molecular formula is C25H22ClN3O2. The molecule has 0 atom stereocenters. The Morgan fingerprint density at radius 1 is 1.06 bits per heavy atom. The smallest absolute Gasteiger partial charge is 0.277 e. The van der Waals surface area contributed by atoms with Crippen LogP contribution in [0.5, 0.6) is 5.75 Å². The number of nitrogens with one attached hydrogen (secondary N) is 1. The van der Waals surface area contributed by atoms with Crippen molar-refractivity contribution in [3.8, 4) is 5.75 Å². The number of carbonyl (C=O) groups is 1. The molecule has 0 unspecified atom stereocenters. The number of hydrazone groups is 1. The summed E-state index contributed by atoms with van der Waals surface area (Å²) in [7, 11) is 0.